The molecule has 3 nitrogen and oxygen atoms in total. The molecule has 2 rings (SSSR count). The second-order valence-corrected chi connectivity index (χ2v) is 5.12. The van der Waals surface area contributed by atoms with E-state index >= 15 is 0 Å². The zero-order valence-corrected chi connectivity index (χ0v) is 12.4. The number of rotatable bonds is 3. The van der Waals surface area contributed by atoms with Gasteiger partial charge >= 0.3 is 0 Å². The van der Waals surface area contributed by atoms with Gasteiger partial charge in [0.25, 0.3) is 0 Å². The molecule has 1 aromatic heterocycles. The molecule has 0 amide bonds. The highest BCUT2D eigenvalue weighted by atomic mass is 35.5. The summed E-state index contributed by atoms with van der Waals surface area (Å²) in [5.41, 5.74) is 6.39. The topological polar surface area (TPSA) is 63.0 Å². The fourth-order valence-corrected chi connectivity index (χ4v) is 1.94. The summed E-state index contributed by atoms with van der Waals surface area (Å²) in [5, 5.41) is 9.81. The van der Waals surface area contributed by atoms with E-state index in [9.17, 15) is 0 Å². The van der Waals surface area contributed by atoms with Crippen molar-refractivity contribution in [2.75, 3.05) is 0 Å². The molecule has 0 aliphatic rings. The van der Waals surface area contributed by atoms with Crippen LogP contribution in [0, 0.1) is 11.3 Å². The van der Waals surface area contributed by atoms with Crippen LogP contribution in [0.15, 0.2) is 40.3 Å². The molecule has 0 radical (unpaired) electrons. The van der Waals surface area contributed by atoms with E-state index in [-0.39, 0.29) is 10.6 Å². The Morgan fingerprint density at radius 2 is 2.00 bits per heavy atom. The van der Waals surface area contributed by atoms with Gasteiger partial charge in [-0.15, -0.1) is 0 Å². The van der Waals surface area contributed by atoms with Crippen molar-refractivity contribution in [3.8, 4) is 17.4 Å². The average Bonchev–Trinajstić information content (AvgIpc) is 2.87. The smallest absolute Gasteiger partial charge is 0.134 e. The van der Waals surface area contributed by atoms with Crippen molar-refractivity contribution >= 4 is 46.5 Å². The zero-order chi connectivity index (χ0) is 14.7. The maximum atomic E-state index is 8.89. The molecule has 0 bridgehead atoms. The number of benzene rings is 1. The molecular formula is C14H8Cl2N2OS. The molecule has 0 saturated heterocycles. The summed E-state index contributed by atoms with van der Waals surface area (Å²) in [5.74, 6) is 1.09. The van der Waals surface area contributed by atoms with Gasteiger partial charge in [0.05, 0.1) is 15.6 Å². The first-order valence-corrected chi connectivity index (χ1v) is 6.64. The summed E-state index contributed by atoms with van der Waals surface area (Å²) in [6.45, 7) is 0. The summed E-state index contributed by atoms with van der Waals surface area (Å²) < 4.78 is 5.60. The molecule has 2 N–H and O–H groups in total. The second kappa shape index (κ2) is 6.10. The van der Waals surface area contributed by atoms with Crippen molar-refractivity contribution in [3.05, 3.63) is 51.7 Å². The molecule has 6 heteroatoms. The molecule has 0 atom stereocenters. The van der Waals surface area contributed by atoms with Gasteiger partial charge in [-0.1, -0.05) is 35.4 Å². The standard InChI is InChI=1S/C14H8Cl2N2OS/c15-11-3-1-8(6-12(11)16)13-4-2-10(19-13)5-9(7-17)14(18)20/h1-6H,(H2,18,20). The summed E-state index contributed by atoms with van der Waals surface area (Å²) in [4.78, 5) is 0.0278. The van der Waals surface area contributed by atoms with Crippen LogP contribution in [0.25, 0.3) is 17.4 Å². The lowest BCUT2D eigenvalue weighted by Crippen LogP contribution is -2.09. The molecule has 0 aliphatic carbocycles. The highest BCUT2D eigenvalue weighted by Crippen LogP contribution is 2.29. The lowest BCUT2D eigenvalue weighted by atomic mass is 10.2. The van der Waals surface area contributed by atoms with E-state index in [2.05, 4.69) is 0 Å². The maximum absolute atomic E-state index is 8.89. The van der Waals surface area contributed by atoms with E-state index in [0.29, 0.717) is 21.6 Å². The molecule has 1 aromatic carbocycles. The Morgan fingerprint density at radius 1 is 1.25 bits per heavy atom. The Bertz CT molecular complexity index is 744. The molecule has 0 saturated carbocycles. The van der Waals surface area contributed by atoms with Gasteiger partial charge in [-0.05, 0) is 30.3 Å². The highest BCUT2D eigenvalue weighted by Gasteiger charge is 2.07. The van der Waals surface area contributed by atoms with Crippen LogP contribution in [0.4, 0.5) is 0 Å². The molecule has 1 heterocycles. The number of hydrogen-bond acceptors (Lipinski definition) is 3. The minimum absolute atomic E-state index is 0.0278. The van der Waals surface area contributed by atoms with Crippen LogP contribution in [0.1, 0.15) is 5.76 Å². The van der Waals surface area contributed by atoms with E-state index in [1.807, 2.05) is 6.07 Å². The SMILES string of the molecule is N#CC(=Cc1ccc(-c2ccc(Cl)c(Cl)c2)o1)C(N)=S. The van der Waals surface area contributed by atoms with E-state index < -0.39 is 0 Å². The third kappa shape index (κ3) is 3.20. The molecular weight excluding hydrogens is 315 g/mol. The maximum Gasteiger partial charge on any atom is 0.134 e. The lowest BCUT2D eigenvalue weighted by molar-refractivity contribution is 0.571. The summed E-state index contributed by atoms with van der Waals surface area (Å²) in [6.07, 6.45) is 1.49. The molecule has 0 unspecified atom stereocenters. The van der Waals surface area contributed by atoms with Crippen LogP contribution in [-0.4, -0.2) is 4.99 Å². The second-order valence-electron chi connectivity index (χ2n) is 3.86. The zero-order valence-electron chi connectivity index (χ0n) is 10.1. The highest BCUT2D eigenvalue weighted by molar-refractivity contribution is 7.80. The lowest BCUT2D eigenvalue weighted by Gasteiger charge is -1.99. The van der Waals surface area contributed by atoms with Gasteiger partial charge in [0, 0.05) is 11.6 Å². The van der Waals surface area contributed by atoms with E-state index in [4.69, 9.17) is 50.8 Å². The predicted molar refractivity (Wildman–Crippen MR) is 84.5 cm³/mol. The summed E-state index contributed by atoms with van der Waals surface area (Å²) in [7, 11) is 0. The van der Waals surface area contributed by atoms with Gasteiger partial charge in [0.15, 0.2) is 0 Å². The molecule has 0 aliphatic heterocycles. The van der Waals surface area contributed by atoms with Crippen molar-refractivity contribution in [2.45, 2.75) is 0 Å². The Kier molecular flexibility index (Phi) is 4.46. The van der Waals surface area contributed by atoms with Crippen LogP contribution in [0.2, 0.25) is 10.0 Å². The van der Waals surface area contributed by atoms with Gasteiger partial charge < -0.3 is 10.2 Å². The van der Waals surface area contributed by atoms with Gasteiger partial charge in [-0.2, -0.15) is 5.26 Å². The van der Waals surface area contributed by atoms with Crippen LogP contribution in [0.5, 0.6) is 0 Å². The van der Waals surface area contributed by atoms with Crippen LogP contribution in [0.3, 0.4) is 0 Å². The minimum Gasteiger partial charge on any atom is -0.457 e. The van der Waals surface area contributed by atoms with Crippen LogP contribution >= 0.6 is 35.4 Å². The predicted octanol–water partition coefficient (Wildman–Crippen LogP) is 4.45. The fraction of sp³-hybridized carbons (Fsp3) is 0. The Morgan fingerprint density at radius 3 is 2.60 bits per heavy atom. The molecule has 100 valence electrons. The Labute approximate surface area is 131 Å². The summed E-state index contributed by atoms with van der Waals surface area (Å²) >= 11 is 16.6. The largest absolute Gasteiger partial charge is 0.457 e. The first-order valence-electron chi connectivity index (χ1n) is 5.48. The number of nitriles is 1. The number of hydrogen-bond donors (Lipinski definition) is 1. The van der Waals surface area contributed by atoms with Crippen molar-refractivity contribution in [3.63, 3.8) is 0 Å². The fourth-order valence-electron chi connectivity index (χ4n) is 1.54. The van der Waals surface area contributed by atoms with Crippen LogP contribution in [-0.2, 0) is 0 Å². The average molecular weight is 323 g/mol. The van der Waals surface area contributed by atoms with Gasteiger partial charge in [-0.3, -0.25) is 0 Å². The number of halogens is 2. The van der Waals surface area contributed by atoms with Gasteiger partial charge in [0.1, 0.15) is 22.6 Å². The van der Waals surface area contributed by atoms with Crippen molar-refractivity contribution < 1.29 is 4.42 Å². The van der Waals surface area contributed by atoms with Gasteiger partial charge in [-0.25, -0.2) is 0 Å². The number of furan rings is 1. The van der Waals surface area contributed by atoms with Crippen molar-refractivity contribution in [1.29, 1.82) is 5.26 Å². The first kappa shape index (κ1) is 14.6. The van der Waals surface area contributed by atoms with E-state index in [1.165, 1.54) is 6.08 Å². The quantitative estimate of drug-likeness (QED) is 0.515. The Hall–Kier alpha value is -1.80. The monoisotopic (exact) mass is 322 g/mol. The normalized spacial score (nSPS) is 11.2. The van der Waals surface area contributed by atoms with E-state index in [1.54, 1.807) is 30.3 Å². The Balaban J connectivity index is 2.36. The van der Waals surface area contributed by atoms with Crippen molar-refractivity contribution in [1.82, 2.24) is 0 Å². The minimum atomic E-state index is 0.0278. The molecule has 2 aromatic rings. The third-order valence-electron chi connectivity index (χ3n) is 2.50. The number of nitrogens with zero attached hydrogens (tertiary/aromatic N) is 1. The summed E-state index contributed by atoms with van der Waals surface area (Å²) in [6, 6.07) is 10.6. The van der Waals surface area contributed by atoms with Crippen LogP contribution < -0.4 is 5.73 Å². The van der Waals surface area contributed by atoms with E-state index in [0.717, 1.165) is 5.56 Å². The van der Waals surface area contributed by atoms with Crippen molar-refractivity contribution in [2.24, 2.45) is 5.73 Å². The number of thiocarbonyl (C=S) groups is 1. The molecule has 0 spiro atoms. The van der Waals surface area contributed by atoms with Gasteiger partial charge in [0.2, 0.25) is 0 Å². The number of nitrogens with two attached hydrogens (primary N) is 1. The molecule has 0 fully saturated rings. The first-order chi connectivity index (χ1) is 9.51. The molecule has 20 heavy (non-hydrogen) atoms. The third-order valence-corrected chi connectivity index (χ3v) is 3.46.